The molecule has 6 rings (SSSR count). The molecule has 2 atom stereocenters. The second-order valence-electron chi connectivity index (χ2n) is 11.5. The molecule has 1 saturated heterocycles. The molecular formula is C33H36ClN5O3S. The molecule has 0 saturated carbocycles. The maximum Gasteiger partial charge on any atom is 0.263 e. The van der Waals surface area contributed by atoms with Gasteiger partial charge in [0.05, 0.1) is 4.88 Å². The highest BCUT2D eigenvalue weighted by molar-refractivity contribution is 7.12. The minimum absolute atomic E-state index is 0.0150. The van der Waals surface area contributed by atoms with Gasteiger partial charge >= 0.3 is 0 Å². The lowest BCUT2D eigenvalue weighted by Gasteiger charge is -2.37. The van der Waals surface area contributed by atoms with Gasteiger partial charge in [0.25, 0.3) is 5.91 Å². The second-order valence-corrected chi connectivity index (χ2v) is 12.9. The van der Waals surface area contributed by atoms with E-state index in [9.17, 15) is 14.4 Å². The molecule has 4 aromatic rings. The minimum atomic E-state index is -0.755. The number of carbonyl (C=O) groups excluding carboxylic acids is 3. The van der Waals surface area contributed by atoms with Crippen LogP contribution in [0.5, 0.6) is 0 Å². The number of hydrogen-bond acceptors (Lipinski definition) is 5. The van der Waals surface area contributed by atoms with E-state index < -0.39 is 6.04 Å². The van der Waals surface area contributed by atoms with Crippen LogP contribution in [0, 0.1) is 11.8 Å². The number of thiophene rings is 1. The molecule has 43 heavy (non-hydrogen) atoms. The quantitative estimate of drug-likeness (QED) is 0.262. The van der Waals surface area contributed by atoms with Gasteiger partial charge in [-0.25, -0.2) is 0 Å². The molecule has 2 aromatic heterocycles. The topological polar surface area (TPSA) is 97.5 Å². The summed E-state index contributed by atoms with van der Waals surface area (Å²) in [4.78, 5) is 48.7. The first-order chi connectivity index (χ1) is 20.9. The molecule has 4 heterocycles. The molecule has 0 bridgehead atoms. The van der Waals surface area contributed by atoms with Crippen LogP contribution in [0.2, 0.25) is 5.02 Å². The van der Waals surface area contributed by atoms with Crippen molar-refractivity contribution in [3.63, 3.8) is 0 Å². The van der Waals surface area contributed by atoms with E-state index in [2.05, 4.69) is 15.6 Å². The summed E-state index contributed by atoms with van der Waals surface area (Å²) in [6, 6.07) is 16.6. The number of piperidine rings is 1. The number of aromatic nitrogens is 1. The molecule has 10 heteroatoms. The highest BCUT2D eigenvalue weighted by Gasteiger charge is 2.36. The van der Waals surface area contributed by atoms with Crippen LogP contribution in [0.25, 0.3) is 10.9 Å². The van der Waals surface area contributed by atoms with E-state index in [-0.39, 0.29) is 29.6 Å². The Morgan fingerprint density at radius 1 is 1.09 bits per heavy atom. The molecule has 3 amide bonds. The molecular weight excluding hydrogens is 582 g/mol. The fraction of sp³-hybridized carbons (Fsp3) is 0.364. The summed E-state index contributed by atoms with van der Waals surface area (Å²) in [6.07, 6.45) is 4.24. The van der Waals surface area contributed by atoms with Crippen LogP contribution in [0.3, 0.4) is 0 Å². The molecule has 3 N–H and O–H groups in total. The number of nitrogens with zero attached hydrogens (tertiary/aromatic N) is 2. The second kappa shape index (κ2) is 12.9. The zero-order valence-electron chi connectivity index (χ0n) is 24.1. The van der Waals surface area contributed by atoms with Gasteiger partial charge in [-0.3, -0.25) is 14.4 Å². The molecule has 0 aliphatic carbocycles. The number of fused-ring (bicyclic) bond motifs is 2. The van der Waals surface area contributed by atoms with Crippen LogP contribution in [-0.2, 0) is 22.4 Å². The lowest BCUT2D eigenvalue weighted by Crippen LogP contribution is -2.54. The molecule has 0 spiro atoms. The summed E-state index contributed by atoms with van der Waals surface area (Å²) in [5.41, 5.74) is 3.85. The zero-order valence-corrected chi connectivity index (χ0v) is 25.7. The van der Waals surface area contributed by atoms with Gasteiger partial charge in [0, 0.05) is 59.8 Å². The zero-order chi connectivity index (χ0) is 29.9. The molecule has 1 unspecified atom stereocenters. The maximum absolute atomic E-state index is 14.4. The number of aromatic amines is 1. The molecule has 8 nitrogen and oxygen atoms in total. The van der Waals surface area contributed by atoms with Crippen molar-refractivity contribution in [2.45, 2.75) is 31.7 Å². The van der Waals surface area contributed by atoms with E-state index >= 15 is 0 Å². The van der Waals surface area contributed by atoms with Crippen molar-refractivity contribution in [3.05, 3.63) is 87.2 Å². The molecule has 2 aliphatic rings. The predicted octanol–water partition coefficient (Wildman–Crippen LogP) is 4.89. The Morgan fingerprint density at radius 2 is 1.91 bits per heavy atom. The normalized spacial score (nSPS) is 18.0. The van der Waals surface area contributed by atoms with Crippen LogP contribution >= 0.6 is 22.9 Å². The molecule has 1 fully saturated rings. The Morgan fingerprint density at radius 3 is 2.67 bits per heavy atom. The average molecular weight is 618 g/mol. The summed E-state index contributed by atoms with van der Waals surface area (Å²) >= 11 is 7.78. The number of anilines is 1. The van der Waals surface area contributed by atoms with E-state index in [4.69, 9.17) is 11.6 Å². The van der Waals surface area contributed by atoms with Gasteiger partial charge in [-0.1, -0.05) is 35.9 Å². The number of likely N-dealkylation sites (tertiary alicyclic amines) is 1. The number of amides is 3. The number of rotatable bonds is 8. The highest BCUT2D eigenvalue weighted by Crippen LogP contribution is 2.33. The van der Waals surface area contributed by atoms with Gasteiger partial charge in [0.2, 0.25) is 11.8 Å². The van der Waals surface area contributed by atoms with Crippen molar-refractivity contribution in [2.75, 3.05) is 38.1 Å². The number of H-pyrrole nitrogens is 1. The van der Waals surface area contributed by atoms with Gasteiger partial charge in [0.15, 0.2) is 0 Å². The van der Waals surface area contributed by atoms with E-state index in [1.807, 2.05) is 83.0 Å². The lowest BCUT2D eigenvalue weighted by atomic mass is 9.91. The molecule has 2 aliphatic heterocycles. The summed E-state index contributed by atoms with van der Waals surface area (Å²) in [5.74, 6) is -0.305. The van der Waals surface area contributed by atoms with Gasteiger partial charge in [-0.05, 0) is 85.6 Å². The van der Waals surface area contributed by atoms with Gasteiger partial charge in [-0.15, -0.1) is 11.3 Å². The van der Waals surface area contributed by atoms with Crippen molar-refractivity contribution < 1.29 is 14.4 Å². The fourth-order valence-electron chi connectivity index (χ4n) is 6.45. The molecule has 0 radical (unpaired) electrons. The monoisotopic (exact) mass is 617 g/mol. The number of halogens is 1. The summed E-state index contributed by atoms with van der Waals surface area (Å²) in [7, 11) is 1.92. The van der Waals surface area contributed by atoms with Crippen LogP contribution in [0.1, 0.15) is 33.6 Å². The number of carbonyl (C=O) groups is 3. The first-order valence-electron chi connectivity index (χ1n) is 14.8. The maximum atomic E-state index is 14.4. The third-order valence-electron chi connectivity index (χ3n) is 8.64. The van der Waals surface area contributed by atoms with Crippen LogP contribution in [-0.4, -0.2) is 66.9 Å². The number of benzene rings is 2. The van der Waals surface area contributed by atoms with E-state index in [0.29, 0.717) is 48.8 Å². The third-order valence-corrected chi connectivity index (χ3v) is 9.73. The third kappa shape index (κ3) is 6.34. The number of nitrogens with one attached hydrogen (secondary N) is 3. The first kappa shape index (κ1) is 29.4. The average Bonchev–Trinajstić information content (AvgIpc) is 3.71. The van der Waals surface area contributed by atoms with Crippen molar-refractivity contribution in [3.8, 4) is 0 Å². The van der Waals surface area contributed by atoms with Crippen LogP contribution in [0.15, 0.2) is 66.2 Å². The lowest BCUT2D eigenvalue weighted by molar-refractivity contribution is -0.131. The van der Waals surface area contributed by atoms with Crippen molar-refractivity contribution >= 4 is 57.2 Å². The van der Waals surface area contributed by atoms with Crippen LogP contribution < -0.4 is 15.5 Å². The Kier molecular flexibility index (Phi) is 8.83. The largest absolute Gasteiger partial charge is 0.361 e. The molecule has 224 valence electrons. The SMILES string of the molecule is CNCC1Cc2cc(Cl)ccc2N(C(=O)[C@@H](Cc2c[nH]c3ccccc23)NC(=O)C2CCN(C(=O)c3cccs3)CC2)C1. The minimum Gasteiger partial charge on any atom is -0.361 e. The standard InChI is InChI=1S/C33H36ClN5O3S/c1-35-18-21-15-23-16-25(34)8-9-29(23)39(20-21)32(41)28(17-24-19-36-27-6-3-2-5-26(24)27)37-31(40)22-10-12-38(13-11-22)33(42)30-7-4-14-43-30/h2-9,14,16,19,21-22,28,35-36H,10-13,15,17-18,20H2,1H3,(H,37,40)/t21?,28-/m1/s1. The highest BCUT2D eigenvalue weighted by atomic mass is 35.5. The first-order valence-corrected chi connectivity index (χ1v) is 16.1. The Hall–Kier alpha value is -3.66. The Bertz CT molecular complexity index is 1610. The smallest absolute Gasteiger partial charge is 0.263 e. The summed E-state index contributed by atoms with van der Waals surface area (Å²) < 4.78 is 0. The van der Waals surface area contributed by atoms with Crippen molar-refractivity contribution in [2.24, 2.45) is 11.8 Å². The number of para-hydroxylation sites is 1. The van der Waals surface area contributed by atoms with E-state index in [0.717, 1.165) is 40.7 Å². The molecule has 2 aromatic carbocycles. The van der Waals surface area contributed by atoms with Gasteiger partial charge in [0.1, 0.15) is 6.04 Å². The predicted molar refractivity (Wildman–Crippen MR) is 172 cm³/mol. The van der Waals surface area contributed by atoms with E-state index in [1.54, 1.807) is 0 Å². The van der Waals surface area contributed by atoms with Crippen molar-refractivity contribution in [1.82, 2.24) is 20.5 Å². The van der Waals surface area contributed by atoms with Crippen molar-refractivity contribution in [1.29, 1.82) is 0 Å². The Labute approximate surface area is 260 Å². The summed E-state index contributed by atoms with van der Waals surface area (Å²) in [5, 5.41) is 9.99. The van der Waals surface area contributed by atoms with Gasteiger partial charge in [-0.2, -0.15) is 0 Å². The van der Waals surface area contributed by atoms with E-state index in [1.165, 1.54) is 11.3 Å². The Balaban J connectivity index is 1.23. The fourth-order valence-corrected chi connectivity index (χ4v) is 7.33. The van der Waals surface area contributed by atoms with Crippen LogP contribution in [0.4, 0.5) is 5.69 Å². The number of hydrogen-bond donors (Lipinski definition) is 3. The summed E-state index contributed by atoms with van der Waals surface area (Å²) in [6.45, 7) is 2.35. The van der Waals surface area contributed by atoms with Gasteiger partial charge < -0.3 is 25.4 Å².